The zero-order valence-corrected chi connectivity index (χ0v) is 49.9. The van der Waals surface area contributed by atoms with Crippen LogP contribution in [0.4, 0.5) is 0 Å². The number of phenolic OH excluding ortho intramolecular Hbond substituents is 1. The smallest absolute Gasteiger partial charge is 0.313 e. The lowest BCUT2D eigenvalue weighted by Crippen LogP contribution is -2.68. The van der Waals surface area contributed by atoms with E-state index in [0.29, 0.717) is 55.1 Å². The number of H-pyrrole nitrogens is 1. The van der Waals surface area contributed by atoms with Crippen LogP contribution in [0.15, 0.2) is 70.6 Å². The number of carbonyl (C=O) groups excluding carboxylic acids is 3. The molecule has 2 aliphatic heterocycles. The number of rotatable bonds is 7. The molecule has 0 amide bonds. The molecule has 21 atom stereocenters. The van der Waals surface area contributed by atoms with Crippen molar-refractivity contribution in [2.45, 2.75) is 158 Å². The fraction of sp³-hybridized carbons (Fsp3) is 0.692. The third-order valence-electron chi connectivity index (χ3n) is 24.0. The SMILES string of the molecule is CC1CCC2=CCC3C(CO)CC4(O)CCC3(CC(C3COC(=O)C3c3cc[nH]c3)C#CCC3CC5(O)C6=C7NCC(=O)CC(c8ccc(O)cc8)CSSCC8C(O)C(O)CC(C)(C6CCC5(CCN=C(N)N)C3C4(C)O)C8C7=O)C2C1. The minimum Gasteiger partial charge on any atom is -0.508 e. The van der Waals surface area contributed by atoms with Crippen LogP contribution in [0.2, 0.25) is 0 Å². The van der Waals surface area contributed by atoms with Gasteiger partial charge in [-0.15, -0.1) is 5.92 Å². The molecule has 450 valence electrons. The summed E-state index contributed by atoms with van der Waals surface area (Å²) in [5.41, 5.74) is 7.37. The van der Waals surface area contributed by atoms with Crippen molar-refractivity contribution >= 4 is 45.1 Å². The molecular weight excluding hydrogens is 1090 g/mol. The van der Waals surface area contributed by atoms with Crippen LogP contribution < -0.4 is 16.8 Å². The minimum atomic E-state index is -1.96. The molecule has 10 aliphatic rings. The number of aromatic hydroxyl groups is 1. The molecule has 1 spiro atoms. The molecule has 21 unspecified atom stereocenters. The Bertz CT molecular complexity index is 2990. The standard InChI is InChI=1S/C65H87N5O11S2/c1-35-7-8-37-11-14-47-42(31-71)26-64(79)19-18-62(47,49(37)23-35)25-38(45-32-81-58(77)51(45)40-16-21-68-29-40)5-4-6-39-27-65(80)53-48(15-17-63(65,20-22-69-59(66)67)57(39)61(64,3)78)60(2)28-50(74)55(75)46-34-83-82-33-41(36-9-12-43(72)13-10-36)24-44(73)30-70-54(53)56(76)52(46)60/h9-13,16,21,29,35,38-39,41-42,45-52,55,57,68,70-72,74-75,78-80H,6-8,14-15,17-20,22-28,30-34H2,1-3H3,(H4,66,67,69). The summed E-state index contributed by atoms with van der Waals surface area (Å²) in [4.78, 5) is 52.4. The molecule has 83 heavy (non-hydrogen) atoms. The fourth-order valence-corrected chi connectivity index (χ4v) is 23.0. The van der Waals surface area contributed by atoms with Gasteiger partial charge in [0.15, 0.2) is 17.5 Å². The Hall–Kier alpha value is -4.32. The number of aliphatic hydroxyl groups is 6. The number of esters is 1. The Balaban J connectivity index is 1.04. The van der Waals surface area contributed by atoms with Crippen molar-refractivity contribution in [2.75, 3.05) is 37.8 Å². The van der Waals surface area contributed by atoms with Gasteiger partial charge in [-0.25, -0.2) is 0 Å². The maximum Gasteiger partial charge on any atom is 0.313 e. The molecule has 8 aliphatic carbocycles. The number of nitrogens with zero attached hydrogens (tertiary/aromatic N) is 1. The summed E-state index contributed by atoms with van der Waals surface area (Å²) in [5, 5.41) is 92.9. The van der Waals surface area contributed by atoms with Crippen LogP contribution in [0.25, 0.3) is 0 Å². The van der Waals surface area contributed by atoms with E-state index < -0.39 is 86.7 Å². The lowest BCUT2D eigenvalue weighted by Gasteiger charge is -2.64. The van der Waals surface area contributed by atoms with E-state index in [1.54, 1.807) is 29.9 Å². The Kier molecular flexibility index (Phi) is 15.7. The molecule has 2 saturated heterocycles. The molecule has 1 aromatic carbocycles. The Labute approximate surface area is 495 Å². The van der Waals surface area contributed by atoms with Gasteiger partial charge in [-0.05, 0) is 172 Å². The van der Waals surface area contributed by atoms with Gasteiger partial charge in [0.25, 0.3) is 0 Å². The first-order valence-corrected chi connectivity index (χ1v) is 33.3. The molecule has 3 heterocycles. The minimum absolute atomic E-state index is 0.00825. The van der Waals surface area contributed by atoms with Crippen LogP contribution in [0, 0.1) is 93.2 Å². The number of fused-ring (bicyclic) bond motifs is 10. The largest absolute Gasteiger partial charge is 0.508 e. The number of hydrogen-bond acceptors (Lipinski definition) is 15. The molecule has 16 nitrogen and oxygen atoms in total. The summed E-state index contributed by atoms with van der Waals surface area (Å²) in [7, 11) is 3.06. The van der Waals surface area contributed by atoms with E-state index in [-0.39, 0.29) is 136 Å². The number of carbonyl (C=O) groups is 3. The number of hydrogen-bond donors (Lipinski definition) is 11. The highest BCUT2D eigenvalue weighted by Gasteiger charge is 2.76. The number of nitrogens with two attached hydrogens (primary N) is 2. The molecule has 1 aromatic heterocycles. The molecule has 2 aromatic rings. The predicted molar refractivity (Wildman–Crippen MR) is 318 cm³/mol. The first-order chi connectivity index (χ1) is 39.6. The number of ketones is 2. The van der Waals surface area contributed by atoms with Gasteiger partial charge in [0.1, 0.15) is 5.75 Å². The Morgan fingerprint density at radius 1 is 0.928 bits per heavy atom. The maximum atomic E-state index is 16.1. The third kappa shape index (κ3) is 9.56. The highest BCUT2D eigenvalue weighted by Crippen LogP contribution is 2.74. The summed E-state index contributed by atoms with van der Waals surface area (Å²) in [6.07, 6.45) is 9.97. The molecule has 5 saturated carbocycles. The summed E-state index contributed by atoms with van der Waals surface area (Å²) in [5.74, 6) is 2.53. The van der Waals surface area contributed by atoms with Crippen LogP contribution >= 0.6 is 21.6 Å². The van der Waals surface area contributed by atoms with Crippen LogP contribution in [0.3, 0.4) is 0 Å². The van der Waals surface area contributed by atoms with Gasteiger partial charge < -0.3 is 62.3 Å². The quantitative estimate of drug-likeness (QED) is 0.0358. The molecule has 7 fully saturated rings. The van der Waals surface area contributed by atoms with Crippen molar-refractivity contribution in [3.8, 4) is 17.6 Å². The maximum absolute atomic E-state index is 16.1. The number of aliphatic imine (C=N–C) groups is 1. The average molecular weight is 1180 g/mol. The molecule has 13 N–H and O–H groups in total. The molecule has 18 heteroatoms. The first-order valence-electron chi connectivity index (χ1n) is 30.8. The number of guanidine groups is 1. The van der Waals surface area contributed by atoms with Gasteiger partial charge in [-0.3, -0.25) is 19.4 Å². The lowest BCUT2D eigenvalue weighted by atomic mass is 9.42. The second-order valence-electron chi connectivity index (χ2n) is 28.0. The number of cyclic esters (lactones) is 1. The van der Waals surface area contributed by atoms with E-state index >= 15 is 4.79 Å². The molecule has 4 bridgehead atoms. The number of ether oxygens (including phenoxy) is 1. The highest BCUT2D eigenvalue weighted by molar-refractivity contribution is 8.76. The lowest BCUT2D eigenvalue weighted by molar-refractivity contribution is -0.229. The molecule has 12 rings (SSSR count). The van der Waals surface area contributed by atoms with Gasteiger partial charge >= 0.3 is 5.97 Å². The van der Waals surface area contributed by atoms with E-state index in [0.717, 1.165) is 30.4 Å². The van der Waals surface area contributed by atoms with E-state index in [2.05, 4.69) is 40.1 Å². The highest BCUT2D eigenvalue weighted by atomic mass is 33.1. The van der Waals surface area contributed by atoms with Crippen molar-refractivity contribution < 1.29 is 54.9 Å². The van der Waals surface area contributed by atoms with Crippen LogP contribution in [0.5, 0.6) is 5.75 Å². The summed E-state index contributed by atoms with van der Waals surface area (Å²) < 4.78 is 6.01. The van der Waals surface area contributed by atoms with Gasteiger partial charge in [-0.2, -0.15) is 0 Å². The van der Waals surface area contributed by atoms with Crippen LogP contribution in [-0.2, 0) is 19.1 Å². The normalized spacial score (nSPS) is 45.2. The van der Waals surface area contributed by atoms with Gasteiger partial charge in [-0.1, -0.05) is 65.1 Å². The predicted octanol–water partition coefficient (Wildman–Crippen LogP) is 6.39. The van der Waals surface area contributed by atoms with Gasteiger partial charge in [0.05, 0.1) is 53.8 Å². The number of aliphatic hydroxyl groups excluding tert-OH is 3. The second kappa shape index (κ2) is 22.1. The second-order valence-corrected chi connectivity index (χ2v) is 30.5. The molecular formula is C65H87N5O11S2. The van der Waals surface area contributed by atoms with Crippen molar-refractivity contribution in [1.82, 2.24) is 10.3 Å². The van der Waals surface area contributed by atoms with E-state index in [4.69, 9.17) is 16.2 Å². The number of aromatic nitrogens is 1. The first kappa shape index (κ1) is 59.0. The third-order valence-corrected chi connectivity index (χ3v) is 26.5. The number of aromatic amines is 1. The number of nitrogens with one attached hydrogen (secondary N) is 2. The average Bonchev–Trinajstić information content (AvgIpc) is 1.68. The Morgan fingerprint density at radius 3 is 2.46 bits per heavy atom. The Morgan fingerprint density at radius 2 is 1.71 bits per heavy atom. The molecule has 0 radical (unpaired) electrons. The van der Waals surface area contributed by atoms with Crippen LogP contribution in [0.1, 0.15) is 140 Å². The van der Waals surface area contributed by atoms with E-state index in [1.165, 1.54) is 16.4 Å². The van der Waals surface area contributed by atoms with E-state index in [1.807, 2.05) is 37.5 Å². The number of allylic oxidation sites excluding steroid dienone is 3. The van der Waals surface area contributed by atoms with Crippen molar-refractivity contribution in [1.29, 1.82) is 0 Å². The summed E-state index contributed by atoms with van der Waals surface area (Å²) in [6.45, 7) is 5.82. The van der Waals surface area contributed by atoms with Gasteiger partial charge in [0, 0.05) is 90.8 Å². The van der Waals surface area contributed by atoms with Crippen molar-refractivity contribution in [3.63, 3.8) is 0 Å². The van der Waals surface area contributed by atoms with Crippen molar-refractivity contribution in [2.24, 2.45) is 97.8 Å². The van der Waals surface area contributed by atoms with Gasteiger partial charge in [0.2, 0.25) is 0 Å². The number of Topliss-reactive ketones (excluding diaryl/α,β-unsaturated/α-hetero) is 2. The topological polar surface area (TPSA) is 294 Å². The zero-order valence-electron chi connectivity index (χ0n) is 48.3. The van der Waals surface area contributed by atoms with Crippen molar-refractivity contribution in [3.05, 3.63) is 76.8 Å². The number of benzene rings is 1. The summed E-state index contributed by atoms with van der Waals surface area (Å²) >= 11 is 0. The summed E-state index contributed by atoms with van der Waals surface area (Å²) in [6, 6.07) is 8.76. The number of phenols is 1. The monoisotopic (exact) mass is 1180 g/mol. The van der Waals surface area contributed by atoms with E-state index in [9.17, 15) is 45.3 Å². The van der Waals surface area contributed by atoms with Crippen LogP contribution in [-0.4, -0.2) is 131 Å². The fourth-order valence-electron chi connectivity index (χ4n) is 20.3. The zero-order chi connectivity index (χ0) is 58.6.